The molecule has 0 amide bonds. The molecular formula is C18H20O. The highest BCUT2D eigenvalue weighted by Crippen LogP contribution is 2.26. The highest BCUT2D eigenvalue weighted by molar-refractivity contribution is 6.00. The van der Waals surface area contributed by atoms with E-state index in [2.05, 4.69) is 19.1 Å². The molecule has 19 heavy (non-hydrogen) atoms. The third-order valence-corrected chi connectivity index (χ3v) is 3.42. The van der Waals surface area contributed by atoms with Crippen LogP contribution in [0.1, 0.15) is 48.0 Å². The van der Waals surface area contributed by atoms with Crippen molar-refractivity contribution in [3.63, 3.8) is 0 Å². The summed E-state index contributed by atoms with van der Waals surface area (Å²) in [6.45, 7) is 2.16. The summed E-state index contributed by atoms with van der Waals surface area (Å²) in [4.78, 5) is 12.7. The lowest BCUT2D eigenvalue weighted by Crippen LogP contribution is -2.13. The Morgan fingerprint density at radius 2 is 1.53 bits per heavy atom. The van der Waals surface area contributed by atoms with Gasteiger partial charge in [-0.05, 0) is 12.0 Å². The Bertz CT molecular complexity index is 502. The molecule has 1 heteroatoms. The van der Waals surface area contributed by atoms with Crippen LogP contribution in [0.5, 0.6) is 0 Å². The SMILES string of the molecule is CCCCC(C(=O)c1ccccc1)c1ccccc1. The van der Waals surface area contributed by atoms with E-state index in [1.165, 1.54) is 0 Å². The first-order chi connectivity index (χ1) is 9.33. The standard InChI is InChI=1S/C18H20O/c1-2-3-14-17(15-10-6-4-7-11-15)18(19)16-12-8-5-9-13-16/h4-13,17H,2-3,14H2,1H3. The zero-order chi connectivity index (χ0) is 13.5. The number of Topliss-reactive ketones (excluding diaryl/α,β-unsaturated/α-hetero) is 1. The van der Waals surface area contributed by atoms with E-state index < -0.39 is 0 Å². The van der Waals surface area contributed by atoms with Crippen molar-refractivity contribution in [2.75, 3.05) is 0 Å². The molecule has 2 aromatic rings. The topological polar surface area (TPSA) is 17.1 Å². The predicted octanol–water partition coefficient (Wildman–Crippen LogP) is 4.84. The molecule has 0 saturated heterocycles. The smallest absolute Gasteiger partial charge is 0.170 e. The first-order valence-corrected chi connectivity index (χ1v) is 6.97. The third-order valence-electron chi connectivity index (χ3n) is 3.42. The highest BCUT2D eigenvalue weighted by Gasteiger charge is 2.20. The van der Waals surface area contributed by atoms with Crippen LogP contribution < -0.4 is 0 Å². The summed E-state index contributed by atoms with van der Waals surface area (Å²) in [5, 5.41) is 0. The van der Waals surface area contributed by atoms with Crippen molar-refractivity contribution < 1.29 is 4.79 Å². The van der Waals surface area contributed by atoms with Crippen LogP contribution >= 0.6 is 0 Å². The minimum Gasteiger partial charge on any atom is -0.293 e. The average Bonchev–Trinajstić information content (AvgIpc) is 2.49. The number of carbonyl (C=O) groups is 1. The average molecular weight is 252 g/mol. The Morgan fingerprint density at radius 3 is 2.11 bits per heavy atom. The summed E-state index contributed by atoms with van der Waals surface area (Å²) in [6, 6.07) is 19.7. The molecule has 98 valence electrons. The van der Waals surface area contributed by atoms with Gasteiger partial charge in [0.2, 0.25) is 0 Å². The van der Waals surface area contributed by atoms with Crippen molar-refractivity contribution >= 4 is 5.78 Å². The molecule has 0 spiro atoms. The molecule has 1 nitrogen and oxygen atoms in total. The number of hydrogen-bond donors (Lipinski definition) is 0. The molecule has 0 bridgehead atoms. The largest absolute Gasteiger partial charge is 0.293 e. The molecule has 0 aliphatic carbocycles. The molecule has 2 rings (SSSR count). The van der Waals surface area contributed by atoms with E-state index in [1.807, 2.05) is 48.5 Å². The van der Waals surface area contributed by atoms with Crippen LogP contribution in [0.15, 0.2) is 60.7 Å². The minimum atomic E-state index is -0.0106. The van der Waals surface area contributed by atoms with Gasteiger partial charge in [-0.25, -0.2) is 0 Å². The Balaban J connectivity index is 2.25. The molecular weight excluding hydrogens is 232 g/mol. The molecule has 0 radical (unpaired) electrons. The van der Waals surface area contributed by atoms with Gasteiger partial charge in [0, 0.05) is 11.5 Å². The highest BCUT2D eigenvalue weighted by atomic mass is 16.1. The lowest BCUT2D eigenvalue weighted by molar-refractivity contribution is 0.0954. The molecule has 0 aliphatic heterocycles. The lowest BCUT2D eigenvalue weighted by atomic mass is 9.87. The summed E-state index contributed by atoms with van der Waals surface area (Å²) >= 11 is 0. The number of carbonyl (C=O) groups excluding carboxylic acids is 1. The maximum Gasteiger partial charge on any atom is 0.170 e. The van der Waals surface area contributed by atoms with Gasteiger partial charge >= 0.3 is 0 Å². The van der Waals surface area contributed by atoms with Gasteiger partial charge in [0.05, 0.1) is 0 Å². The van der Waals surface area contributed by atoms with Crippen LogP contribution in [0.2, 0.25) is 0 Å². The van der Waals surface area contributed by atoms with E-state index in [-0.39, 0.29) is 11.7 Å². The van der Waals surface area contributed by atoms with Gasteiger partial charge < -0.3 is 0 Å². The second-order valence-electron chi connectivity index (χ2n) is 4.84. The van der Waals surface area contributed by atoms with Gasteiger partial charge in [-0.1, -0.05) is 80.4 Å². The quantitative estimate of drug-likeness (QED) is 0.672. The number of ketones is 1. The molecule has 1 unspecified atom stereocenters. The van der Waals surface area contributed by atoms with Gasteiger partial charge in [-0.15, -0.1) is 0 Å². The Labute approximate surface area is 115 Å². The lowest BCUT2D eigenvalue weighted by Gasteiger charge is -2.16. The first kappa shape index (κ1) is 13.5. The van der Waals surface area contributed by atoms with Crippen LogP contribution in [-0.2, 0) is 0 Å². The summed E-state index contributed by atoms with van der Waals surface area (Å²) < 4.78 is 0. The molecule has 0 aliphatic rings. The van der Waals surface area contributed by atoms with Crippen molar-refractivity contribution in [2.45, 2.75) is 32.1 Å². The number of hydrogen-bond acceptors (Lipinski definition) is 1. The van der Waals surface area contributed by atoms with Gasteiger partial charge in [0.25, 0.3) is 0 Å². The van der Waals surface area contributed by atoms with Gasteiger partial charge in [-0.3, -0.25) is 4.79 Å². The predicted molar refractivity (Wildman–Crippen MR) is 79.5 cm³/mol. The van der Waals surface area contributed by atoms with Gasteiger partial charge in [0.15, 0.2) is 5.78 Å². The normalized spacial score (nSPS) is 12.1. The maximum atomic E-state index is 12.7. The maximum absolute atomic E-state index is 12.7. The molecule has 1 atom stereocenters. The Morgan fingerprint density at radius 1 is 0.947 bits per heavy atom. The van der Waals surface area contributed by atoms with Crippen LogP contribution in [-0.4, -0.2) is 5.78 Å². The van der Waals surface area contributed by atoms with Crippen LogP contribution in [0.25, 0.3) is 0 Å². The second-order valence-corrected chi connectivity index (χ2v) is 4.84. The number of unbranched alkanes of at least 4 members (excludes halogenated alkanes) is 1. The van der Waals surface area contributed by atoms with E-state index in [0.717, 1.165) is 30.4 Å². The summed E-state index contributed by atoms with van der Waals surface area (Å²) in [6.07, 6.45) is 3.12. The molecule has 0 saturated carbocycles. The summed E-state index contributed by atoms with van der Waals surface area (Å²) in [5.41, 5.74) is 1.94. The van der Waals surface area contributed by atoms with E-state index in [1.54, 1.807) is 0 Å². The zero-order valence-electron chi connectivity index (χ0n) is 11.4. The van der Waals surface area contributed by atoms with Gasteiger partial charge in [0.1, 0.15) is 0 Å². The fourth-order valence-corrected chi connectivity index (χ4v) is 2.35. The third kappa shape index (κ3) is 3.54. The molecule has 2 aromatic carbocycles. The van der Waals surface area contributed by atoms with Crippen molar-refractivity contribution in [1.82, 2.24) is 0 Å². The van der Waals surface area contributed by atoms with Gasteiger partial charge in [-0.2, -0.15) is 0 Å². The molecule has 0 heterocycles. The van der Waals surface area contributed by atoms with E-state index >= 15 is 0 Å². The van der Waals surface area contributed by atoms with E-state index in [0.29, 0.717) is 0 Å². The van der Waals surface area contributed by atoms with Crippen LogP contribution in [0, 0.1) is 0 Å². The fraction of sp³-hybridized carbons (Fsp3) is 0.278. The number of rotatable bonds is 6. The van der Waals surface area contributed by atoms with Crippen molar-refractivity contribution in [1.29, 1.82) is 0 Å². The molecule has 0 N–H and O–H groups in total. The van der Waals surface area contributed by atoms with E-state index in [9.17, 15) is 4.79 Å². The minimum absolute atomic E-state index is 0.0106. The van der Waals surface area contributed by atoms with E-state index in [4.69, 9.17) is 0 Å². The Hall–Kier alpha value is -1.89. The summed E-state index contributed by atoms with van der Waals surface area (Å²) in [7, 11) is 0. The van der Waals surface area contributed by atoms with Crippen LogP contribution in [0.3, 0.4) is 0 Å². The fourth-order valence-electron chi connectivity index (χ4n) is 2.35. The van der Waals surface area contributed by atoms with Crippen molar-refractivity contribution in [2.24, 2.45) is 0 Å². The number of benzene rings is 2. The second kappa shape index (κ2) is 6.89. The zero-order valence-corrected chi connectivity index (χ0v) is 11.4. The Kier molecular flexibility index (Phi) is 4.91. The van der Waals surface area contributed by atoms with Crippen LogP contribution in [0.4, 0.5) is 0 Å². The van der Waals surface area contributed by atoms with Crippen molar-refractivity contribution in [3.05, 3.63) is 71.8 Å². The summed E-state index contributed by atoms with van der Waals surface area (Å²) in [5.74, 6) is 0.226. The van der Waals surface area contributed by atoms with Crippen molar-refractivity contribution in [3.8, 4) is 0 Å². The first-order valence-electron chi connectivity index (χ1n) is 6.97. The monoisotopic (exact) mass is 252 g/mol. The molecule has 0 fully saturated rings. The molecule has 0 aromatic heterocycles.